The summed E-state index contributed by atoms with van der Waals surface area (Å²) in [7, 11) is 0. The summed E-state index contributed by atoms with van der Waals surface area (Å²) in [5, 5.41) is 27.5. The summed E-state index contributed by atoms with van der Waals surface area (Å²) in [5.74, 6) is 0.877. The summed E-state index contributed by atoms with van der Waals surface area (Å²) in [5.41, 5.74) is 6.00. The van der Waals surface area contributed by atoms with E-state index in [1.807, 2.05) is 36.5 Å². The van der Waals surface area contributed by atoms with E-state index in [-0.39, 0.29) is 23.8 Å². The van der Waals surface area contributed by atoms with Crippen molar-refractivity contribution in [1.82, 2.24) is 35.4 Å². The largest absolute Gasteiger partial charge is 0.381 e. The van der Waals surface area contributed by atoms with Crippen LogP contribution in [0.5, 0.6) is 0 Å². The van der Waals surface area contributed by atoms with E-state index in [0.717, 1.165) is 113 Å². The fourth-order valence-electron chi connectivity index (χ4n) is 7.58. The Labute approximate surface area is 300 Å². The number of piperazine rings is 1. The van der Waals surface area contributed by atoms with E-state index in [1.165, 1.54) is 0 Å². The van der Waals surface area contributed by atoms with Gasteiger partial charge in [0.05, 0.1) is 39.8 Å². The van der Waals surface area contributed by atoms with E-state index in [1.54, 1.807) is 17.5 Å². The highest BCUT2D eigenvalue weighted by atomic mass is 32.1. The maximum absolute atomic E-state index is 12.3. The number of pyridine rings is 2. The SMILES string of the molecule is CC(C)Nc1c(-c2nnc(N3CCN(CC4CCN(c5ccc(C6CCC(=O)NC6=O)cn5)CC4)CC3)s2)cnc2c1[nH]c1cc(C#N)ccc12. The van der Waals surface area contributed by atoms with Crippen LogP contribution in [0.3, 0.4) is 0 Å². The summed E-state index contributed by atoms with van der Waals surface area (Å²) in [6.07, 6.45) is 6.84. The Morgan fingerprint density at radius 1 is 0.980 bits per heavy atom. The first kappa shape index (κ1) is 33.0. The fourth-order valence-corrected chi connectivity index (χ4v) is 8.49. The number of amides is 2. The van der Waals surface area contributed by atoms with Crippen molar-refractivity contribution in [1.29, 1.82) is 5.26 Å². The fraction of sp³-hybridized carbons (Fsp3) is 0.432. The molecule has 1 atom stereocenters. The number of hydrogen-bond donors (Lipinski definition) is 3. The summed E-state index contributed by atoms with van der Waals surface area (Å²) in [4.78, 5) is 44.1. The molecule has 8 rings (SSSR count). The third kappa shape index (κ3) is 6.71. The zero-order valence-electron chi connectivity index (χ0n) is 28.9. The van der Waals surface area contributed by atoms with Gasteiger partial charge in [0, 0.05) is 81.6 Å². The predicted octanol–water partition coefficient (Wildman–Crippen LogP) is 4.88. The van der Waals surface area contributed by atoms with E-state index in [4.69, 9.17) is 9.97 Å². The molecule has 262 valence electrons. The third-order valence-corrected chi connectivity index (χ3v) is 11.3. The number of imide groups is 1. The van der Waals surface area contributed by atoms with Crippen molar-refractivity contribution in [2.24, 2.45) is 5.92 Å². The number of aromatic amines is 1. The molecule has 1 aromatic carbocycles. The molecule has 0 bridgehead atoms. The van der Waals surface area contributed by atoms with E-state index < -0.39 is 0 Å². The Balaban J connectivity index is 0.867. The molecule has 3 saturated heterocycles. The van der Waals surface area contributed by atoms with Gasteiger partial charge in [-0.15, -0.1) is 10.2 Å². The molecule has 0 aliphatic carbocycles. The predicted molar refractivity (Wildman–Crippen MR) is 199 cm³/mol. The second-order valence-corrected chi connectivity index (χ2v) is 15.1. The maximum atomic E-state index is 12.3. The average Bonchev–Trinajstić information content (AvgIpc) is 3.78. The number of benzene rings is 1. The molecular weight excluding hydrogens is 663 g/mol. The number of carbonyl (C=O) groups excluding carboxylic acids is 2. The Kier molecular flexibility index (Phi) is 8.99. The molecule has 0 radical (unpaired) electrons. The lowest BCUT2D eigenvalue weighted by Crippen LogP contribution is -2.49. The molecule has 0 saturated carbocycles. The highest BCUT2D eigenvalue weighted by molar-refractivity contribution is 7.18. The monoisotopic (exact) mass is 703 g/mol. The Hall–Kier alpha value is -5.13. The van der Waals surface area contributed by atoms with Crippen LogP contribution in [-0.4, -0.2) is 93.7 Å². The molecule has 4 aromatic heterocycles. The number of rotatable bonds is 8. The molecule has 3 aliphatic heterocycles. The van der Waals surface area contributed by atoms with Gasteiger partial charge in [0.1, 0.15) is 5.82 Å². The molecule has 51 heavy (non-hydrogen) atoms. The highest BCUT2D eigenvalue weighted by Gasteiger charge is 2.29. The van der Waals surface area contributed by atoms with Crippen LogP contribution >= 0.6 is 11.3 Å². The minimum atomic E-state index is -0.302. The van der Waals surface area contributed by atoms with Gasteiger partial charge in [-0.25, -0.2) is 4.98 Å². The third-order valence-electron chi connectivity index (χ3n) is 10.3. The number of hydrogen-bond acceptors (Lipinski definition) is 12. The standard InChI is InChI=1S/C37H41N11O2S/c1-22(2)41-33-28(20-40-32-27-5-3-24(18-38)17-29(27)42-34(32)33)36-44-45-37(51-36)48-15-13-46(14-16-48)21-23-9-11-47(12-10-23)30-7-4-25(19-39-30)26-6-8-31(49)43-35(26)50/h3-5,7,17,19-20,22-23,26,42H,6,8-16,21H2,1-2H3,(H,40,41)(H,43,49,50). The number of nitrogens with one attached hydrogen (secondary N) is 3. The van der Waals surface area contributed by atoms with Crippen LogP contribution in [0, 0.1) is 17.2 Å². The maximum Gasteiger partial charge on any atom is 0.234 e. The lowest BCUT2D eigenvalue weighted by Gasteiger charge is -2.39. The molecule has 2 amide bonds. The Bertz CT molecular complexity index is 2120. The minimum absolute atomic E-state index is 0.193. The number of piperidine rings is 2. The number of nitrogens with zero attached hydrogens (tertiary/aromatic N) is 8. The number of anilines is 3. The van der Waals surface area contributed by atoms with Crippen molar-refractivity contribution in [3.63, 3.8) is 0 Å². The Morgan fingerprint density at radius 2 is 1.80 bits per heavy atom. The zero-order valence-corrected chi connectivity index (χ0v) is 29.7. The number of fused-ring (bicyclic) bond motifs is 3. The smallest absolute Gasteiger partial charge is 0.234 e. The van der Waals surface area contributed by atoms with Gasteiger partial charge in [-0.1, -0.05) is 17.4 Å². The first-order chi connectivity index (χ1) is 24.8. The summed E-state index contributed by atoms with van der Waals surface area (Å²) in [6.45, 7) is 11.1. The molecule has 13 nitrogen and oxygen atoms in total. The van der Waals surface area contributed by atoms with Crippen molar-refractivity contribution >= 4 is 61.7 Å². The first-order valence-corrected chi connectivity index (χ1v) is 18.6. The highest BCUT2D eigenvalue weighted by Crippen LogP contribution is 2.39. The molecule has 5 aromatic rings. The number of aromatic nitrogens is 5. The van der Waals surface area contributed by atoms with E-state index in [0.29, 0.717) is 24.3 Å². The minimum Gasteiger partial charge on any atom is -0.381 e. The summed E-state index contributed by atoms with van der Waals surface area (Å²) < 4.78 is 0. The second kappa shape index (κ2) is 13.9. The lowest BCUT2D eigenvalue weighted by molar-refractivity contribution is -0.134. The number of carbonyl (C=O) groups is 2. The molecule has 7 heterocycles. The summed E-state index contributed by atoms with van der Waals surface area (Å²) in [6, 6.07) is 12.1. The van der Waals surface area contributed by atoms with E-state index in [2.05, 4.69) is 60.4 Å². The molecule has 3 N–H and O–H groups in total. The van der Waals surface area contributed by atoms with Gasteiger partial charge in [-0.05, 0) is 68.9 Å². The van der Waals surface area contributed by atoms with Crippen molar-refractivity contribution in [2.75, 3.05) is 60.9 Å². The lowest BCUT2D eigenvalue weighted by atomic mass is 9.91. The first-order valence-electron chi connectivity index (χ1n) is 17.8. The number of nitriles is 1. The van der Waals surface area contributed by atoms with Crippen LogP contribution in [0.2, 0.25) is 0 Å². The molecule has 0 spiro atoms. The molecule has 3 fully saturated rings. The normalized spacial score (nSPS) is 19.2. The molecular formula is C37H41N11O2S. The van der Waals surface area contributed by atoms with Crippen LogP contribution in [-0.2, 0) is 9.59 Å². The topological polar surface area (TPSA) is 159 Å². The van der Waals surface area contributed by atoms with Crippen molar-refractivity contribution in [2.45, 2.75) is 51.5 Å². The van der Waals surface area contributed by atoms with Crippen LogP contribution in [0.25, 0.3) is 32.5 Å². The van der Waals surface area contributed by atoms with E-state index >= 15 is 0 Å². The van der Waals surface area contributed by atoms with Crippen molar-refractivity contribution < 1.29 is 9.59 Å². The van der Waals surface area contributed by atoms with Crippen molar-refractivity contribution in [3.8, 4) is 16.6 Å². The molecule has 1 unspecified atom stereocenters. The second-order valence-electron chi connectivity index (χ2n) is 14.1. The van der Waals surface area contributed by atoms with Crippen LogP contribution in [0.4, 0.5) is 16.6 Å². The van der Waals surface area contributed by atoms with Gasteiger partial charge >= 0.3 is 0 Å². The summed E-state index contributed by atoms with van der Waals surface area (Å²) >= 11 is 1.60. The van der Waals surface area contributed by atoms with E-state index in [9.17, 15) is 14.9 Å². The average molecular weight is 704 g/mol. The van der Waals surface area contributed by atoms with Crippen molar-refractivity contribution in [3.05, 3.63) is 53.9 Å². The van der Waals surface area contributed by atoms with Crippen LogP contribution in [0.15, 0.2) is 42.7 Å². The van der Waals surface area contributed by atoms with Gasteiger partial charge in [0.2, 0.25) is 16.9 Å². The van der Waals surface area contributed by atoms with Crippen LogP contribution < -0.4 is 20.4 Å². The van der Waals surface area contributed by atoms with Gasteiger partial charge in [0.25, 0.3) is 0 Å². The van der Waals surface area contributed by atoms with Gasteiger partial charge in [-0.2, -0.15) is 5.26 Å². The molecule has 3 aliphatic rings. The molecule has 14 heteroatoms. The van der Waals surface area contributed by atoms with Gasteiger partial charge in [0.15, 0.2) is 5.01 Å². The number of H-pyrrole nitrogens is 1. The Morgan fingerprint density at radius 3 is 2.53 bits per heavy atom. The van der Waals surface area contributed by atoms with Gasteiger partial charge in [-0.3, -0.25) is 24.8 Å². The van der Waals surface area contributed by atoms with Crippen LogP contribution in [0.1, 0.15) is 56.6 Å². The quantitative estimate of drug-likeness (QED) is 0.189. The van der Waals surface area contributed by atoms with Gasteiger partial charge < -0.3 is 20.1 Å². The zero-order chi connectivity index (χ0) is 35.1.